The molecule has 0 aromatic carbocycles. The van der Waals surface area contributed by atoms with Gasteiger partial charge in [-0.05, 0) is 54.6 Å². The molecule has 1 aliphatic carbocycles. The number of hydrogen-bond donors (Lipinski definition) is 3. The third-order valence-corrected chi connectivity index (χ3v) is 7.73. The summed E-state index contributed by atoms with van der Waals surface area (Å²) in [6.07, 6.45) is 7.28. The van der Waals surface area contributed by atoms with Gasteiger partial charge >= 0.3 is 0 Å². The number of hydrogen-bond acceptors (Lipinski definition) is 6. The Kier molecular flexibility index (Phi) is 5.25. The standard InChI is InChI=1S/C24H33N5O3/c1-23(2,3)20-11-17(27-28-20)22(31)29-8-5-24(6-9-29)12-16(24)13-26-21(30)18-10-15-4-7-25-14-19(15)32-18/h4,7,10,14,16-17,20,27-28H,5-6,8-9,11-13H2,1-3H3,(H,26,30). The van der Waals surface area contributed by atoms with Crippen molar-refractivity contribution in [1.82, 2.24) is 26.1 Å². The monoisotopic (exact) mass is 439 g/mol. The first-order chi connectivity index (χ1) is 15.2. The van der Waals surface area contributed by atoms with Crippen molar-refractivity contribution in [2.24, 2.45) is 16.7 Å². The van der Waals surface area contributed by atoms with Crippen LogP contribution in [0, 0.1) is 16.7 Å². The Morgan fingerprint density at radius 1 is 1.28 bits per heavy atom. The Balaban J connectivity index is 1.09. The summed E-state index contributed by atoms with van der Waals surface area (Å²) in [4.78, 5) is 31.5. The fraction of sp³-hybridized carbons (Fsp3) is 0.625. The van der Waals surface area contributed by atoms with Gasteiger partial charge < -0.3 is 14.6 Å². The van der Waals surface area contributed by atoms with E-state index in [0.717, 1.165) is 44.2 Å². The van der Waals surface area contributed by atoms with Crippen LogP contribution >= 0.6 is 0 Å². The molecule has 172 valence electrons. The maximum atomic E-state index is 13.0. The minimum atomic E-state index is -0.177. The molecule has 2 aromatic heterocycles. The molecule has 8 nitrogen and oxygen atoms in total. The number of nitrogens with zero attached hydrogens (tertiary/aromatic N) is 2. The van der Waals surface area contributed by atoms with Crippen molar-refractivity contribution in [3.63, 3.8) is 0 Å². The van der Waals surface area contributed by atoms with E-state index >= 15 is 0 Å². The smallest absolute Gasteiger partial charge is 0.287 e. The number of piperidine rings is 1. The highest BCUT2D eigenvalue weighted by Gasteiger charge is 2.55. The van der Waals surface area contributed by atoms with Gasteiger partial charge in [-0.1, -0.05) is 20.8 Å². The van der Waals surface area contributed by atoms with Crippen molar-refractivity contribution in [2.75, 3.05) is 19.6 Å². The van der Waals surface area contributed by atoms with Crippen LogP contribution in [0.2, 0.25) is 0 Å². The maximum absolute atomic E-state index is 13.0. The molecule has 2 aliphatic heterocycles. The number of fused-ring (bicyclic) bond motifs is 1. The van der Waals surface area contributed by atoms with Crippen molar-refractivity contribution >= 4 is 22.8 Å². The van der Waals surface area contributed by atoms with Gasteiger partial charge in [0, 0.05) is 37.3 Å². The van der Waals surface area contributed by atoms with E-state index < -0.39 is 0 Å². The average molecular weight is 440 g/mol. The van der Waals surface area contributed by atoms with Crippen LogP contribution in [0.1, 0.15) is 57.0 Å². The average Bonchev–Trinajstić information content (AvgIpc) is 3.16. The van der Waals surface area contributed by atoms with Crippen LogP contribution in [0.5, 0.6) is 0 Å². The molecule has 2 amide bonds. The van der Waals surface area contributed by atoms with E-state index in [4.69, 9.17) is 4.42 Å². The molecule has 3 fully saturated rings. The van der Waals surface area contributed by atoms with Crippen molar-refractivity contribution in [3.05, 3.63) is 30.3 Å². The summed E-state index contributed by atoms with van der Waals surface area (Å²) in [7, 11) is 0. The number of amides is 2. The highest BCUT2D eigenvalue weighted by atomic mass is 16.3. The van der Waals surface area contributed by atoms with Crippen LogP contribution in [0.15, 0.2) is 28.9 Å². The molecule has 3 unspecified atom stereocenters. The number of nitrogens with one attached hydrogen (secondary N) is 3. The predicted molar refractivity (Wildman–Crippen MR) is 121 cm³/mol. The molecule has 0 radical (unpaired) electrons. The molecule has 3 atom stereocenters. The second kappa shape index (κ2) is 7.85. The van der Waals surface area contributed by atoms with Crippen LogP contribution in [-0.4, -0.2) is 53.4 Å². The van der Waals surface area contributed by atoms with Gasteiger partial charge in [-0.3, -0.25) is 20.0 Å². The first-order valence-electron chi connectivity index (χ1n) is 11.7. The van der Waals surface area contributed by atoms with E-state index in [2.05, 4.69) is 41.9 Å². The van der Waals surface area contributed by atoms with Crippen molar-refractivity contribution < 1.29 is 14.0 Å². The Labute approximate surface area is 188 Å². The Morgan fingerprint density at radius 2 is 2.06 bits per heavy atom. The SMILES string of the molecule is CC(C)(C)C1CC(C(=O)N2CCC3(CC2)CC3CNC(=O)c2cc3ccncc3o2)NN1. The largest absolute Gasteiger partial charge is 0.449 e. The number of rotatable bonds is 4. The van der Waals surface area contributed by atoms with Gasteiger partial charge in [-0.2, -0.15) is 0 Å². The molecule has 3 aliphatic rings. The van der Waals surface area contributed by atoms with E-state index in [0.29, 0.717) is 29.8 Å². The summed E-state index contributed by atoms with van der Waals surface area (Å²) >= 11 is 0. The molecule has 1 saturated carbocycles. The normalized spacial score (nSPS) is 27.1. The van der Waals surface area contributed by atoms with E-state index in [9.17, 15) is 9.59 Å². The first kappa shape index (κ1) is 21.4. The number of likely N-dealkylation sites (tertiary alicyclic amines) is 1. The predicted octanol–water partition coefficient (Wildman–Crippen LogP) is 2.47. The highest BCUT2D eigenvalue weighted by molar-refractivity contribution is 5.95. The van der Waals surface area contributed by atoms with Gasteiger partial charge in [0.15, 0.2) is 11.3 Å². The lowest BCUT2D eigenvalue weighted by Gasteiger charge is -2.34. The number of aromatic nitrogens is 1. The summed E-state index contributed by atoms with van der Waals surface area (Å²) in [5.41, 5.74) is 7.54. The molecule has 5 rings (SSSR count). The van der Waals surface area contributed by atoms with E-state index in [-0.39, 0.29) is 28.7 Å². The summed E-state index contributed by atoms with van der Waals surface area (Å²) in [6.45, 7) is 8.85. The zero-order valence-electron chi connectivity index (χ0n) is 19.1. The molecular formula is C24H33N5O3. The van der Waals surface area contributed by atoms with Gasteiger partial charge in [0.2, 0.25) is 5.91 Å². The van der Waals surface area contributed by atoms with Gasteiger partial charge in [0.05, 0.1) is 6.20 Å². The zero-order valence-corrected chi connectivity index (χ0v) is 19.1. The third kappa shape index (κ3) is 4.01. The van der Waals surface area contributed by atoms with Crippen LogP contribution in [0.4, 0.5) is 0 Å². The highest BCUT2D eigenvalue weighted by Crippen LogP contribution is 2.59. The lowest BCUT2D eigenvalue weighted by atomic mass is 9.84. The number of carbonyl (C=O) groups excluding carboxylic acids is 2. The number of hydrazine groups is 1. The third-order valence-electron chi connectivity index (χ3n) is 7.73. The van der Waals surface area contributed by atoms with Gasteiger partial charge in [0.1, 0.15) is 6.04 Å². The minimum Gasteiger partial charge on any atom is -0.449 e. The van der Waals surface area contributed by atoms with Crippen LogP contribution in [0.25, 0.3) is 11.0 Å². The fourth-order valence-electron chi connectivity index (χ4n) is 5.31. The fourth-order valence-corrected chi connectivity index (χ4v) is 5.31. The zero-order chi connectivity index (χ0) is 22.5. The molecule has 2 aromatic rings. The lowest BCUT2D eigenvalue weighted by Crippen LogP contribution is -2.49. The van der Waals surface area contributed by atoms with Crippen LogP contribution in [0.3, 0.4) is 0 Å². The number of pyridine rings is 1. The van der Waals surface area contributed by atoms with Crippen molar-refractivity contribution in [3.8, 4) is 0 Å². The molecule has 32 heavy (non-hydrogen) atoms. The molecule has 1 spiro atoms. The Hall–Kier alpha value is -2.45. The number of carbonyl (C=O) groups is 2. The maximum Gasteiger partial charge on any atom is 0.287 e. The quantitative estimate of drug-likeness (QED) is 0.677. The molecule has 4 heterocycles. The van der Waals surface area contributed by atoms with E-state index in [1.165, 1.54) is 0 Å². The molecule has 0 bridgehead atoms. The Morgan fingerprint density at radius 3 is 2.75 bits per heavy atom. The summed E-state index contributed by atoms with van der Waals surface area (Å²) in [5.74, 6) is 0.841. The minimum absolute atomic E-state index is 0.124. The van der Waals surface area contributed by atoms with E-state index in [1.807, 2.05) is 11.0 Å². The van der Waals surface area contributed by atoms with Gasteiger partial charge in [0.25, 0.3) is 5.91 Å². The summed E-state index contributed by atoms with van der Waals surface area (Å²) in [6, 6.07) is 3.75. The van der Waals surface area contributed by atoms with E-state index in [1.54, 1.807) is 18.5 Å². The molecular weight excluding hydrogens is 406 g/mol. The molecule has 2 saturated heterocycles. The second-order valence-corrected chi connectivity index (χ2v) is 10.8. The summed E-state index contributed by atoms with van der Waals surface area (Å²) in [5, 5.41) is 3.92. The van der Waals surface area contributed by atoms with Gasteiger partial charge in [-0.15, -0.1) is 0 Å². The van der Waals surface area contributed by atoms with Crippen LogP contribution < -0.4 is 16.2 Å². The topological polar surface area (TPSA) is 99.5 Å². The van der Waals surface area contributed by atoms with Crippen LogP contribution in [-0.2, 0) is 4.79 Å². The molecule has 3 N–H and O–H groups in total. The van der Waals surface area contributed by atoms with Gasteiger partial charge in [-0.25, -0.2) is 5.43 Å². The van der Waals surface area contributed by atoms with Crippen molar-refractivity contribution in [2.45, 2.75) is 58.5 Å². The number of furan rings is 1. The lowest BCUT2D eigenvalue weighted by molar-refractivity contribution is -0.134. The molecule has 8 heteroatoms. The Bertz CT molecular complexity index is 985. The first-order valence-corrected chi connectivity index (χ1v) is 11.7. The second-order valence-electron chi connectivity index (χ2n) is 10.8. The van der Waals surface area contributed by atoms with Crippen molar-refractivity contribution in [1.29, 1.82) is 0 Å². The summed E-state index contributed by atoms with van der Waals surface area (Å²) < 4.78 is 5.61.